The first-order valence-corrected chi connectivity index (χ1v) is 8.27. The number of hydrogen-bond donors (Lipinski definition) is 0. The predicted molar refractivity (Wildman–Crippen MR) is 99.1 cm³/mol. The van der Waals surface area contributed by atoms with Crippen molar-refractivity contribution < 1.29 is 14.4 Å². The SMILES string of the molecule is O=[N+]([O-])c1c(Oc2ccc(OCc3ccccc3)cc2)nc2ccccn12. The van der Waals surface area contributed by atoms with Crippen LogP contribution in [0.1, 0.15) is 5.56 Å². The fraction of sp³-hybridized carbons (Fsp3) is 0.0500. The molecule has 134 valence electrons. The van der Waals surface area contributed by atoms with Gasteiger partial charge >= 0.3 is 11.7 Å². The summed E-state index contributed by atoms with van der Waals surface area (Å²) in [6, 6.07) is 21.9. The summed E-state index contributed by atoms with van der Waals surface area (Å²) in [5.41, 5.74) is 1.51. The van der Waals surface area contributed by atoms with Crippen molar-refractivity contribution in [3.63, 3.8) is 0 Å². The van der Waals surface area contributed by atoms with Crippen LogP contribution < -0.4 is 9.47 Å². The number of imidazole rings is 1. The number of nitrogens with zero attached hydrogens (tertiary/aromatic N) is 3. The Hall–Kier alpha value is -3.87. The van der Waals surface area contributed by atoms with Gasteiger partial charge in [-0.1, -0.05) is 36.4 Å². The maximum absolute atomic E-state index is 11.4. The highest BCUT2D eigenvalue weighted by atomic mass is 16.6. The molecule has 0 N–H and O–H groups in total. The van der Waals surface area contributed by atoms with Crippen LogP contribution in [0, 0.1) is 10.1 Å². The summed E-state index contributed by atoms with van der Waals surface area (Å²) in [5, 5.41) is 11.4. The molecule has 27 heavy (non-hydrogen) atoms. The van der Waals surface area contributed by atoms with Crippen LogP contribution in [0.4, 0.5) is 5.82 Å². The summed E-state index contributed by atoms with van der Waals surface area (Å²) in [6.45, 7) is 0.457. The largest absolute Gasteiger partial charge is 0.489 e. The van der Waals surface area contributed by atoms with Gasteiger partial charge in [-0.3, -0.25) is 0 Å². The quantitative estimate of drug-likeness (QED) is 0.370. The molecule has 0 unspecified atom stereocenters. The molecule has 4 rings (SSSR count). The molecule has 0 amide bonds. The van der Waals surface area contributed by atoms with Gasteiger partial charge < -0.3 is 19.6 Å². The van der Waals surface area contributed by atoms with E-state index in [0.29, 0.717) is 23.8 Å². The molecule has 7 heteroatoms. The van der Waals surface area contributed by atoms with E-state index in [2.05, 4.69) is 4.98 Å². The van der Waals surface area contributed by atoms with Gasteiger partial charge in [-0.25, -0.2) is 0 Å². The van der Waals surface area contributed by atoms with Crippen LogP contribution in [0.15, 0.2) is 79.0 Å². The lowest BCUT2D eigenvalue weighted by Crippen LogP contribution is -1.96. The van der Waals surface area contributed by atoms with Crippen molar-refractivity contribution in [2.24, 2.45) is 0 Å². The lowest BCUT2D eigenvalue weighted by atomic mass is 10.2. The van der Waals surface area contributed by atoms with Gasteiger partial charge in [0.15, 0.2) is 0 Å². The third-order valence-electron chi connectivity index (χ3n) is 3.93. The molecule has 0 saturated carbocycles. The van der Waals surface area contributed by atoms with E-state index in [1.807, 2.05) is 30.3 Å². The van der Waals surface area contributed by atoms with Crippen molar-refractivity contribution in [2.45, 2.75) is 6.61 Å². The van der Waals surface area contributed by atoms with Gasteiger partial charge in [0.25, 0.3) is 0 Å². The Labute approximate surface area is 154 Å². The Kier molecular flexibility index (Phi) is 4.40. The Morgan fingerprint density at radius 3 is 2.37 bits per heavy atom. The highest BCUT2D eigenvalue weighted by Crippen LogP contribution is 2.32. The fourth-order valence-corrected chi connectivity index (χ4v) is 2.65. The van der Waals surface area contributed by atoms with E-state index in [9.17, 15) is 10.1 Å². The molecule has 0 radical (unpaired) electrons. The van der Waals surface area contributed by atoms with Crippen molar-refractivity contribution in [1.29, 1.82) is 0 Å². The summed E-state index contributed by atoms with van der Waals surface area (Å²) < 4.78 is 12.7. The second-order valence-electron chi connectivity index (χ2n) is 5.77. The zero-order valence-corrected chi connectivity index (χ0v) is 14.2. The average Bonchev–Trinajstić information content (AvgIpc) is 3.06. The molecule has 2 heterocycles. The van der Waals surface area contributed by atoms with E-state index in [0.717, 1.165) is 5.56 Å². The van der Waals surface area contributed by atoms with Crippen molar-refractivity contribution in [1.82, 2.24) is 9.38 Å². The minimum Gasteiger partial charge on any atom is -0.489 e. The van der Waals surface area contributed by atoms with Crippen LogP contribution >= 0.6 is 0 Å². The van der Waals surface area contributed by atoms with Gasteiger partial charge in [-0.2, -0.15) is 9.38 Å². The Morgan fingerprint density at radius 2 is 1.63 bits per heavy atom. The predicted octanol–water partition coefficient (Wildman–Crippen LogP) is 4.61. The molecule has 7 nitrogen and oxygen atoms in total. The second-order valence-corrected chi connectivity index (χ2v) is 5.77. The van der Waals surface area contributed by atoms with E-state index in [1.54, 1.807) is 48.7 Å². The summed E-state index contributed by atoms with van der Waals surface area (Å²) in [5.74, 6) is 0.850. The van der Waals surface area contributed by atoms with Gasteiger partial charge in [0.2, 0.25) is 5.65 Å². The average molecular weight is 361 g/mol. The Bertz CT molecular complexity index is 1080. The van der Waals surface area contributed by atoms with Crippen molar-refractivity contribution in [3.05, 3.63) is 94.7 Å². The minimum absolute atomic E-state index is 0.0517. The number of rotatable bonds is 6. The molecule has 4 aromatic rings. The molecule has 0 fully saturated rings. The van der Waals surface area contributed by atoms with Crippen molar-refractivity contribution in [3.8, 4) is 17.4 Å². The third-order valence-corrected chi connectivity index (χ3v) is 3.93. The van der Waals surface area contributed by atoms with Crippen LogP contribution in [0.25, 0.3) is 5.65 Å². The zero-order valence-electron chi connectivity index (χ0n) is 14.2. The van der Waals surface area contributed by atoms with E-state index in [-0.39, 0.29) is 11.7 Å². The minimum atomic E-state index is -0.507. The standard InChI is InChI=1S/C20H15N3O4/c24-23(25)20-19(21-18-8-4-5-13-22(18)20)27-17-11-9-16(10-12-17)26-14-15-6-2-1-3-7-15/h1-13H,14H2. The molecule has 0 saturated heterocycles. The Balaban J connectivity index is 1.51. The third kappa shape index (κ3) is 3.57. The van der Waals surface area contributed by atoms with Crippen molar-refractivity contribution >= 4 is 11.5 Å². The van der Waals surface area contributed by atoms with Crippen LogP contribution in [0.2, 0.25) is 0 Å². The molecule has 0 aliphatic heterocycles. The van der Waals surface area contributed by atoms with Crippen LogP contribution in [0.3, 0.4) is 0 Å². The molecule has 0 atom stereocenters. The molecule has 0 spiro atoms. The van der Waals surface area contributed by atoms with Crippen LogP contribution in [-0.4, -0.2) is 14.3 Å². The van der Waals surface area contributed by atoms with Gasteiger partial charge in [0.1, 0.15) is 18.1 Å². The van der Waals surface area contributed by atoms with E-state index in [4.69, 9.17) is 9.47 Å². The molecular weight excluding hydrogens is 346 g/mol. The Morgan fingerprint density at radius 1 is 0.926 bits per heavy atom. The van der Waals surface area contributed by atoms with Gasteiger partial charge in [-0.15, -0.1) is 0 Å². The lowest BCUT2D eigenvalue weighted by molar-refractivity contribution is -0.391. The highest BCUT2D eigenvalue weighted by molar-refractivity contribution is 5.53. The molecular formula is C20H15N3O4. The molecule has 2 aromatic carbocycles. The van der Waals surface area contributed by atoms with E-state index in [1.165, 1.54) is 4.40 Å². The monoisotopic (exact) mass is 361 g/mol. The fourth-order valence-electron chi connectivity index (χ4n) is 2.65. The summed E-state index contributed by atoms with van der Waals surface area (Å²) in [4.78, 5) is 15.1. The van der Waals surface area contributed by atoms with Gasteiger partial charge in [0.05, 0.1) is 6.20 Å². The topological polar surface area (TPSA) is 78.9 Å². The number of aromatic nitrogens is 2. The molecule has 0 aliphatic rings. The second kappa shape index (κ2) is 7.17. The molecule has 0 bridgehead atoms. The first kappa shape index (κ1) is 16.6. The first-order chi connectivity index (χ1) is 13.2. The number of hydrogen-bond acceptors (Lipinski definition) is 5. The number of pyridine rings is 1. The highest BCUT2D eigenvalue weighted by Gasteiger charge is 2.24. The summed E-state index contributed by atoms with van der Waals surface area (Å²) in [6.07, 6.45) is 1.58. The number of nitro groups is 1. The summed E-state index contributed by atoms with van der Waals surface area (Å²) in [7, 11) is 0. The lowest BCUT2D eigenvalue weighted by Gasteiger charge is -2.07. The normalized spacial score (nSPS) is 10.7. The molecule has 2 aromatic heterocycles. The van der Waals surface area contributed by atoms with Crippen LogP contribution in [0.5, 0.6) is 17.4 Å². The first-order valence-electron chi connectivity index (χ1n) is 8.27. The van der Waals surface area contributed by atoms with Crippen molar-refractivity contribution in [2.75, 3.05) is 0 Å². The van der Waals surface area contributed by atoms with Gasteiger partial charge in [0, 0.05) is 6.07 Å². The van der Waals surface area contributed by atoms with Gasteiger partial charge in [-0.05, 0) is 40.8 Å². The van der Waals surface area contributed by atoms with Crippen LogP contribution in [-0.2, 0) is 6.61 Å². The number of fused-ring (bicyclic) bond motifs is 1. The maximum atomic E-state index is 11.4. The summed E-state index contributed by atoms with van der Waals surface area (Å²) >= 11 is 0. The zero-order chi connectivity index (χ0) is 18.6. The van der Waals surface area contributed by atoms with E-state index < -0.39 is 4.92 Å². The number of ether oxygens (including phenoxy) is 2. The smallest absolute Gasteiger partial charge is 0.392 e. The number of benzene rings is 2. The van der Waals surface area contributed by atoms with E-state index >= 15 is 0 Å². The molecule has 0 aliphatic carbocycles. The maximum Gasteiger partial charge on any atom is 0.392 e.